The third-order valence-corrected chi connectivity index (χ3v) is 3.11. The molecule has 0 radical (unpaired) electrons. The molecule has 104 valence electrons. The molecule has 0 aromatic heterocycles. The van der Waals surface area contributed by atoms with Gasteiger partial charge in [-0.05, 0) is 60.9 Å². The van der Waals surface area contributed by atoms with E-state index in [1.54, 1.807) is 37.3 Å². The van der Waals surface area contributed by atoms with Gasteiger partial charge >= 0.3 is 5.97 Å². The van der Waals surface area contributed by atoms with Gasteiger partial charge in [0.1, 0.15) is 18.2 Å². The molecule has 0 amide bonds. The van der Waals surface area contributed by atoms with Gasteiger partial charge in [-0.1, -0.05) is 6.07 Å². The average molecular weight is 274 g/mol. The van der Waals surface area contributed by atoms with Crippen molar-refractivity contribution in [2.45, 2.75) is 20.5 Å². The van der Waals surface area contributed by atoms with Crippen LogP contribution in [-0.4, -0.2) is 11.1 Å². The van der Waals surface area contributed by atoms with Gasteiger partial charge in [-0.2, -0.15) is 0 Å². The van der Waals surface area contributed by atoms with Crippen molar-refractivity contribution in [1.82, 2.24) is 0 Å². The summed E-state index contributed by atoms with van der Waals surface area (Å²) < 4.78 is 18.7. The van der Waals surface area contributed by atoms with E-state index in [1.165, 1.54) is 6.07 Å². The van der Waals surface area contributed by atoms with Crippen LogP contribution in [0.3, 0.4) is 0 Å². The van der Waals surface area contributed by atoms with E-state index in [4.69, 9.17) is 9.84 Å². The molecule has 0 heterocycles. The lowest BCUT2D eigenvalue weighted by atomic mass is 10.1. The molecule has 0 fully saturated rings. The van der Waals surface area contributed by atoms with Crippen molar-refractivity contribution in [2.75, 3.05) is 0 Å². The zero-order valence-electron chi connectivity index (χ0n) is 11.3. The second kappa shape index (κ2) is 5.74. The number of carbonyl (C=O) groups is 1. The fourth-order valence-corrected chi connectivity index (χ4v) is 1.86. The van der Waals surface area contributed by atoms with E-state index in [9.17, 15) is 9.18 Å². The van der Waals surface area contributed by atoms with Crippen molar-refractivity contribution in [3.8, 4) is 5.75 Å². The Kier molecular flexibility index (Phi) is 4.03. The maximum Gasteiger partial charge on any atom is 0.335 e. The van der Waals surface area contributed by atoms with Crippen LogP contribution in [-0.2, 0) is 6.61 Å². The molecule has 0 saturated heterocycles. The van der Waals surface area contributed by atoms with Crippen molar-refractivity contribution in [1.29, 1.82) is 0 Å². The molecule has 0 unspecified atom stereocenters. The number of benzene rings is 2. The number of ether oxygens (including phenoxy) is 1. The Morgan fingerprint density at radius 1 is 1.15 bits per heavy atom. The third kappa shape index (κ3) is 3.15. The fourth-order valence-electron chi connectivity index (χ4n) is 1.86. The number of halogens is 1. The van der Waals surface area contributed by atoms with E-state index in [0.717, 1.165) is 11.1 Å². The van der Waals surface area contributed by atoms with Crippen molar-refractivity contribution in [3.05, 3.63) is 64.5 Å². The van der Waals surface area contributed by atoms with E-state index >= 15 is 0 Å². The molecule has 0 aliphatic carbocycles. The van der Waals surface area contributed by atoms with Gasteiger partial charge in [0.15, 0.2) is 0 Å². The number of hydrogen-bond acceptors (Lipinski definition) is 2. The lowest BCUT2D eigenvalue weighted by Gasteiger charge is -2.10. The Morgan fingerprint density at radius 3 is 2.50 bits per heavy atom. The first-order valence-electron chi connectivity index (χ1n) is 6.19. The SMILES string of the molecule is Cc1cc(OCc2ccc(C(=O)O)cc2C)ccc1F. The summed E-state index contributed by atoms with van der Waals surface area (Å²) in [5, 5.41) is 8.90. The monoisotopic (exact) mass is 274 g/mol. The smallest absolute Gasteiger partial charge is 0.335 e. The number of rotatable bonds is 4. The van der Waals surface area contributed by atoms with Gasteiger partial charge in [-0.15, -0.1) is 0 Å². The molecule has 1 N–H and O–H groups in total. The fraction of sp³-hybridized carbons (Fsp3) is 0.188. The number of carboxylic acid groups (broad SMARTS) is 1. The van der Waals surface area contributed by atoms with Gasteiger partial charge in [0, 0.05) is 0 Å². The van der Waals surface area contributed by atoms with Gasteiger partial charge in [-0.3, -0.25) is 0 Å². The first kappa shape index (κ1) is 14.1. The van der Waals surface area contributed by atoms with E-state index in [2.05, 4.69) is 0 Å². The first-order valence-corrected chi connectivity index (χ1v) is 6.19. The molecule has 0 atom stereocenters. The summed E-state index contributed by atoms with van der Waals surface area (Å²) in [6.45, 7) is 3.83. The zero-order valence-corrected chi connectivity index (χ0v) is 11.3. The molecule has 0 bridgehead atoms. The van der Waals surface area contributed by atoms with Gasteiger partial charge in [0.2, 0.25) is 0 Å². The van der Waals surface area contributed by atoms with Gasteiger partial charge in [0.05, 0.1) is 5.56 Å². The molecule has 0 aliphatic rings. The van der Waals surface area contributed by atoms with Crippen LogP contribution in [0.25, 0.3) is 0 Å². The molecule has 2 aromatic rings. The van der Waals surface area contributed by atoms with Crippen molar-refractivity contribution < 1.29 is 19.0 Å². The largest absolute Gasteiger partial charge is 0.489 e. The molecular weight excluding hydrogens is 259 g/mol. The van der Waals surface area contributed by atoms with Crippen molar-refractivity contribution in [3.63, 3.8) is 0 Å². The summed E-state index contributed by atoms with van der Waals surface area (Å²) in [4.78, 5) is 10.8. The van der Waals surface area contributed by atoms with Crippen molar-refractivity contribution in [2.24, 2.45) is 0 Å². The standard InChI is InChI=1S/C16H15FO3/c1-10-7-12(16(18)19)3-4-13(10)9-20-14-5-6-15(17)11(2)8-14/h3-8H,9H2,1-2H3,(H,18,19). The van der Waals surface area contributed by atoms with Crippen LogP contribution < -0.4 is 4.74 Å². The first-order chi connectivity index (χ1) is 9.47. The minimum atomic E-state index is -0.949. The zero-order chi connectivity index (χ0) is 14.7. The molecule has 0 saturated carbocycles. The van der Waals surface area contributed by atoms with E-state index in [-0.39, 0.29) is 11.4 Å². The molecule has 3 nitrogen and oxygen atoms in total. The number of hydrogen-bond donors (Lipinski definition) is 1. The van der Waals surface area contributed by atoms with E-state index in [1.807, 2.05) is 6.92 Å². The summed E-state index contributed by atoms with van der Waals surface area (Å²) in [5.74, 6) is -0.625. The predicted octanol–water partition coefficient (Wildman–Crippen LogP) is 3.72. The van der Waals surface area contributed by atoms with Gasteiger partial charge in [-0.25, -0.2) is 9.18 Å². The van der Waals surface area contributed by atoms with E-state index in [0.29, 0.717) is 17.9 Å². The minimum absolute atomic E-state index is 0.254. The van der Waals surface area contributed by atoms with Crippen LogP contribution in [0, 0.1) is 19.7 Å². The topological polar surface area (TPSA) is 46.5 Å². The molecule has 2 rings (SSSR count). The van der Waals surface area contributed by atoms with Crippen LogP contribution in [0.15, 0.2) is 36.4 Å². The molecular formula is C16H15FO3. The Labute approximate surface area is 116 Å². The van der Waals surface area contributed by atoms with Crippen LogP contribution in [0.4, 0.5) is 4.39 Å². The lowest BCUT2D eigenvalue weighted by Crippen LogP contribution is -2.02. The van der Waals surface area contributed by atoms with E-state index < -0.39 is 5.97 Å². The highest BCUT2D eigenvalue weighted by Gasteiger charge is 2.07. The Hall–Kier alpha value is -2.36. The number of aryl methyl sites for hydroxylation is 2. The molecule has 4 heteroatoms. The van der Waals surface area contributed by atoms with Gasteiger partial charge in [0.25, 0.3) is 0 Å². The molecule has 0 spiro atoms. The molecule has 2 aromatic carbocycles. The summed E-state index contributed by atoms with van der Waals surface area (Å²) in [7, 11) is 0. The lowest BCUT2D eigenvalue weighted by molar-refractivity contribution is 0.0696. The third-order valence-electron chi connectivity index (χ3n) is 3.11. The second-order valence-corrected chi connectivity index (χ2v) is 4.65. The quantitative estimate of drug-likeness (QED) is 0.924. The van der Waals surface area contributed by atoms with Crippen LogP contribution in [0.2, 0.25) is 0 Å². The minimum Gasteiger partial charge on any atom is -0.489 e. The number of carboxylic acids is 1. The highest BCUT2D eigenvalue weighted by atomic mass is 19.1. The summed E-state index contributed by atoms with van der Waals surface area (Å²) >= 11 is 0. The van der Waals surface area contributed by atoms with Crippen LogP contribution >= 0.6 is 0 Å². The molecule has 20 heavy (non-hydrogen) atoms. The summed E-state index contributed by atoms with van der Waals surface area (Å²) in [5.41, 5.74) is 2.53. The Morgan fingerprint density at radius 2 is 1.90 bits per heavy atom. The Bertz CT molecular complexity index is 650. The maximum atomic E-state index is 13.1. The highest BCUT2D eigenvalue weighted by molar-refractivity contribution is 5.87. The van der Waals surface area contributed by atoms with Crippen molar-refractivity contribution >= 4 is 5.97 Å². The predicted molar refractivity (Wildman–Crippen MR) is 73.6 cm³/mol. The van der Waals surface area contributed by atoms with Crippen LogP contribution in [0.1, 0.15) is 27.0 Å². The summed E-state index contributed by atoms with van der Waals surface area (Å²) in [6.07, 6.45) is 0. The van der Waals surface area contributed by atoms with Gasteiger partial charge < -0.3 is 9.84 Å². The number of aromatic carboxylic acids is 1. The highest BCUT2D eigenvalue weighted by Crippen LogP contribution is 2.19. The normalized spacial score (nSPS) is 10.3. The maximum absolute atomic E-state index is 13.1. The second-order valence-electron chi connectivity index (χ2n) is 4.65. The molecule has 0 aliphatic heterocycles. The summed E-state index contributed by atoms with van der Waals surface area (Å²) in [6, 6.07) is 9.46. The average Bonchev–Trinajstić information content (AvgIpc) is 2.41. The van der Waals surface area contributed by atoms with Crippen LogP contribution in [0.5, 0.6) is 5.75 Å². The Balaban J connectivity index is 2.10.